The fourth-order valence-electron chi connectivity index (χ4n) is 2.12. The van der Waals surface area contributed by atoms with Gasteiger partial charge in [-0.2, -0.15) is 0 Å². The van der Waals surface area contributed by atoms with Gasteiger partial charge < -0.3 is 15.4 Å². The number of thiazole rings is 1. The van der Waals surface area contributed by atoms with Gasteiger partial charge in [0.15, 0.2) is 11.7 Å². The van der Waals surface area contributed by atoms with E-state index >= 15 is 0 Å². The number of nitrogens with one attached hydrogen (secondary N) is 2. The topological polar surface area (TPSA) is 80.3 Å². The number of thioether (sulfide) groups is 1. The molecule has 3 aromatic rings. The Hall–Kier alpha value is -2.84. The first-order valence-electron chi connectivity index (χ1n) is 8.09. The number of benzene rings is 2. The van der Waals surface area contributed by atoms with Crippen LogP contribution in [-0.2, 0) is 9.59 Å². The van der Waals surface area contributed by atoms with Gasteiger partial charge in [-0.05, 0) is 30.3 Å². The third-order valence-corrected chi connectivity index (χ3v) is 4.96. The van der Waals surface area contributed by atoms with E-state index in [0.717, 1.165) is 4.90 Å². The van der Waals surface area contributed by atoms with E-state index in [0.29, 0.717) is 16.6 Å². The molecule has 27 heavy (non-hydrogen) atoms. The highest BCUT2D eigenvalue weighted by atomic mass is 32.2. The Balaban J connectivity index is 1.46. The van der Waals surface area contributed by atoms with E-state index in [1.165, 1.54) is 23.1 Å². The molecule has 0 aliphatic heterocycles. The van der Waals surface area contributed by atoms with Gasteiger partial charge in [0.25, 0.3) is 5.91 Å². The zero-order valence-electron chi connectivity index (χ0n) is 14.3. The van der Waals surface area contributed by atoms with Crippen molar-refractivity contribution in [1.29, 1.82) is 0 Å². The van der Waals surface area contributed by atoms with E-state index in [2.05, 4.69) is 15.6 Å². The predicted molar refractivity (Wildman–Crippen MR) is 108 cm³/mol. The molecule has 2 amide bonds. The van der Waals surface area contributed by atoms with Gasteiger partial charge in [-0.25, -0.2) is 4.98 Å². The number of amides is 2. The molecule has 138 valence electrons. The van der Waals surface area contributed by atoms with Gasteiger partial charge in [0.1, 0.15) is 5.75 Å². The molecule has 0 saturated heterocycles. The van der Waals surface area contributed by atoms with Crippen molar-refractivity contribution in [3.05, 3.63) is 66.2 Å². The van der Waals surface area contributed by atoms with Crippen LogP contribution in [0.5, 0.6) is 5.75 Å². The number of carbonyl (C=O) groups is 2. The molecule has 0 aliphatic rings. The summed E-state index contributed by atoms with van der Waals surface area (Å²) in [5.41, 5.74) is 0.655. The van der Waals surface area contributed by atoms with Crippen LogP contribution in [0.1, 0.15) is 0 Å². The first kappa shape index (κ1) is 18.9. The van der Waals surface area contributed by atoms with Crippen molar-refractivity contribution in [3.63, 3.8) is 0 Å². The summed E-state index contributed by atoms with van der Waals surface area (Å²) >= 11 is 2.76. The highest BCUT2D eigenvalue weighted by molar-refractivity contribution is 8.00. The lowest BCUT2D eigenvalue weighted by Crippen LogP contribution is -2.20. The summed E-state index contributed by atoms with van der Waals surface area (Å²) < 4.78 is 5.42. The van der Waals surface area contributed by atoms with Gasteiger partial charge in [0, 0.05) is 22.2 Å². The van der Waals surface area contributed by atoms with Crippen LogP contribution in [0.2, 0.25) is 0 Å². The zero-order valence-corrected chi connectivity index (χ0v) is 15.9. The second-order valence-electron chi connectivity index (χ2n) is 5.35. The molecule has 1 aromatic heterocycles. The monoisotopic (exact) mass is 399 g/mol. The average molecular weight is 399 g/mol. The molecule has 0 radical (unpaired) electrons. The van der Waals surface area contributed by atoms with E-state index in [1.807, 2.05) is 36.4 Å². The highest BCUT2D eigenvalue weighted by Gasteiger charge is 2.07. The van der Waals surface area contributed by atoms with Gasteiger partial charge in [0.2, 0.25) is 5.91 Å². The molecule has 2 N–H and O–H groups in total. The summed E-state index contributed by atoms with van der Waals surface area (Å²) in [4.78, 5) is 28.8. The minimum absolute atomic E-state index is 0.0718. The largest absolute Gasteiger partial charge is 0.484 e. The fraction of sp³-hybridized carbons (Fsp3) is 0.105. The van der Waals surface area contributed by atoms with Crippen molar-refractivity contribution in [1.82, 2.24) is 4.98 Å². The third-order valence-electron chi connectivity index (χ3n) is 3.28. The SMILES string of the molecule is O=C(COc1ccccc1)Nc1cccc(SCC(=O)Nc2nccs2)c1. The number of para-hydroxylation sites is 1. The lowest BCUT2D eigenvalue weighted by molar-refractivity contribution is -0.118. The number of hydrogen-bond donors (Lipinski definition) is 2. The van der Waals surface area contributed by atoms with Crippen LogP contribution in [0.15, 0.2) is 71.1 Å². The lowest BCUT2D eigenvalue weighted by atomic mass is 10.3. The Morgan fingerprint density at radius 1 is 1.04 bits per heavy atom. The molecule has 1 heterocycles. The maximum Gasteiger partial charge on any atom is 0.262 e. The smallest absolute Gasteiger partial charge is 0.262 e. The van der Waals surface area contributed by atoms with Crippen molar-refractivity contribution in [2.75, 3.05) is 23.0 Å². The van der Waals surface area contributed by atoms with Gasteiger partial charge in [0.05, 0.1) is 5.75 Å². The van der Waals surface area contributed by atoms with Crippen molar-refractivity contribution in [2.45, 2.75) is 4.90 Å². The molecule has 0 spiro atoms. The molecule has 0 unspecified atom stereocenters. The quantitative estimate of drug-likeness (QED) is 0.562. The number of carbonyl (C=O) groups excluding carboxylic acids is 2. The first-order valence-corrected chi connectivity index (χ1v) is 9.95. The Bertz CT molecular complexity index is 886. The minimum atomic E-state index is -0.248. The molecule has 3 rings (SSSR count). The van der Waals surface area contributed by atoms with Crippen molar-refractivity contribution in [2.24, 2.45) is 0 Å². The molecule has 8 heteroatoms. The Morgan fingerprint density at radius 3 is 2.67 bits per heavy atom. The van der Waals surface area contributed by atoms with Crippen LogP contribution in [0, 0.1) is 0 Å². The molecule has 0 atom stereocenters. The van der Waals surface area contributed by atoms with E-state index in [-0.39, 0.29) is 24.2 Å². The maximum atomic E-state index is 12.0. The summed E-state index contributed by atoms with van der Waals surface area (Å²) in [5, 5.41) is 7.91. The lowest BCUT2D eigenvalue weighted by Gasteiger charge is -2.09. The van der Waals surface area contributed by atoms with Gasteiger partial charge in [-0.15, -0.1) is 23.1 Å². The van der Waals surface area contributed by atoms with E-state index in [9.17, 15) is 9.59 Å². The van der Waals surface area contributed by atoms with Crippen LogP contribution in [0.4, 0.5) is 10.8 Å². The summed E-state index contributed by atoms with van der Waals surface area (Å²) in [6.07, 6.45) is 1.64. The molecule has 6 nitrogen and oxygen atoms in total. The predicted octanol–water partition coefficient (Wildman–Crippen LogP) is 3.89. The van der Waals surface area contributed by atoms with Crippen LogP contribution >= 0.6 is 23.1 Å². The molecule has 0 saturated carbocycles. The molecule has 0 bridgehead atoms. The van der Waals surface area contributed by atoms with E-state index in [1.54, 1.807) is 29.8 Å². The normalized spacial score (nSPS) is 10.2. The van der Waals surface area contributed by atoms with Crippen molar-refractivity contribution < 1.29 is 14.3 Å². The maximum absolute atomic E-state index is 12.0. The number of ether oxygens (including phenoxy) is 1. The van der Waals surface area contributed by atoms with Crippen molar-refractivity contribution >= 4 is 45.7 Å². The molecule has 0 fully saturated rings. The van der Waals surface area contributed by atoms with E-state index in [4.69, 9.17) is 4.74 Å². The van der Waals surface area contributed by atoms with Gasteiger partial charge in [-0.3, -0.25) is 9.59 Å². The molecular weight excluding hydrogens is 382 g/mol. The standard InChI is InChI=1S/C19H17N3O3S2/c23-17(12-25-15-6-2-1-3-7-15)21-14-5-4-8-16(11-14)27-13-18(24)22-19-20-9-10-26-19/h1-11H,12-13H2,(H,21,23)(H,20,22,24). The Morgan fingerprint density at radius 2 is 1.89 bits per heavy atom. The van der Waals surface area contributed by atoms with E-state index < -0.39 is 0 Å². The van der Waals surface area contributed by atoms with Gasteiger partial charge in [-0.1, -0.05) is 24.3 Å². The van der Waals surface area contributed by atoms with Crippen LogP contribution in [-0.4, -0.2) is 29.2 Å². The molecule has 2 aromatic carbocycles. The second kappa shape index (κ2) is 9.75. The number of nitrogens with zero attached hydrogens (tertiary/aromatic N) is 1. The number of rotatable bonds is 8. The summed E-state index contributed by atoms with van der Waals surface area (Å²) in [7, 11) is 0. The Labute approximate surface area is 165 Å². The van der Waals surface area contributed by atoms with Crippen LogP contribution in [0.3, 0.4) is 0 Å². The average Bonchev–Trinajstić information content (AvgIpc) is 3.19. The molecular formula is C19H17N3O3S2. The highest BCUT2D eigenvalue weighted by Crippen LogP contribution is 2.22. The summed E-state index contributed by atoms with van der Waals surface area (Å²) in [6.45, 7) is -0.0718. The second-order valence-corrected chi connectivity index (χ2v) is 7.30. The number of anilines is 2. The molecule has 0 aliphatic carbocycles. The van der Waals surface area contributed by atoms with Crippen LogP contribution in [0.25, 0.3) is 0 Å². The number of hydrogen-bond acceptors (Lipinski definition) is 6. The zero-order chi connectivity index (χ0) is 18.9. The third kappa shape index (κ3) is 6.43. The van der Waals surface area contributed by atoms with Crippen molar-refractivity contribution in [3.8, 4) is 5.75 Å². The van der Waals surface area contributed by atoms with Gasteiger partial charge >= 0.3 is 0 Å². The summed E-state index contributed by atoms with van der Waals surface area (Å²) in [6, 6.07) is 16.5. The Kier molecular flexibility index (Phi) is 6.84. The minimum Gasteiger partial charge on any atom is -0.484 e. The summed E-state index contributed by atoms with van der Waals surface area (Å²) in [5.74, 6) is 0.528. The van der Waals surface area contributed by atoms with Crippen LogP contribution < -0.4 is 15.4 Å². The first-order chi connectivity index (χ1) is 13.2. The fourth-order valence-corrected chi connectivity index (χ4v) is 3.42. The number of aromatic nitrogens is 1.